The number of nitrogens with zero attached hydrogens (tertiary/aromatic N) is 1. The summed E-state index contributed by atoms with van der Waals surface area (Å²) in [4.78, 5) is 11.5. The van der Waals surface area contributed by atoms with Crippen LogP contribution in [-0.2, 0) is 13.0 Å². The molecule has 2 rings (SSSR count). The molecule has 1 aromatic heterocycles. The average Bonchev–Trinajstić information content (AvgIpc) is 2.81. The van der Waals surface area contributed by atoms with E-state index in [0.29, 0.717) is 18.5 Å². The van der Waals surface area contributed by atoms with Crippen LogP contribution in [0.1, 0.15) is 59.8 Å². The number of carbonyl (C=O) groups is 1. The summed E-state index contributed by atoms with van der Waals surface area (Å²) in [5, 5.41) is 19.7. The van der Waals surface area contributed by atoms with Crippen LogP contribution in [0.25, 0.3) is 10.9 Å². The van der Waals surface area contributed by atoms with Crippen LogP contribution in [0.5, 0.6) is 0 Å². The molecule has 0 aliphatic rings. The molecule has 1 heterocycles. The van der Waals surface area contributed by atoms with Gasteiger partial charge in [0.15, 0.2) is 0 Å². The van der Waals surface area contributed by atoms with E-state index in [1.165, 1.54) is 5.56 Å². The van der Waals surface area contributed by atoms with Gasteiger partial charge in [0.2, 0.25) is 0 Å². The van der Waals surface area contributed by atoms with Gasteiger partial charge < -0.3 is 20.5 Å². The minimum absolute atomic E-state index is 0.140. The summed E-state index contributed by atoms with van der Waals surface area (Å²) >= 11 is 0. The monoisotopic (exact) mass is 332 g/mol. The number of carboxylic acids is 1. The number of fused-ring (bicyclic) bond motifs is 1. The Morgan fingerprint density at radius 1 is 1.29 bits per heavy atom. The van der Waals surface area contributed by atoms with E-state index in [1.54, 1.807) is 12.1 Å². The summed E-state index contributed by atoms with van der Waals surface area (Å²) in [6.45, 7) is 7.72. The molecule has 0 saturated heterocycles. The lowest BCUT2D eigenvalue weighted by atomic mass is 9.95. The zero-order valence-corrected chi connectivity index (χ0v) is 14.8. The van der Waals surface area contributed by atoms with Crippen LogP contribution >= 0.6 is 0 Å². The summed E-state index contributed by atoms with van der Waals surface area (Å²) in [7, 11) is 0. The maximum atomic E-state index is 11.5. The molecule has 0 saturated carbocycles. The molecule has 0 bridgehead atoms. The Labute approximate surface area is 143 Å². The standard InChI is InChI=1S/C19H28N2O3/c1-12(2)16-10-14(19(23)24)11-17-15(6-4-7-20)13(3)21(18(16)17)8-5-9-22/h10-12,22H,4-9,20H2,1-3H3,(H,23,24). The first kappa shape index (κ1) is 18.5. The quantitative estimate of drug-likeness (QED) is 0.693. The minimum Gasteiger partial charge on any atom is -0.478 e. The number of nitrogens with two attached hydrogens (primary N) is 1. The first-order valence-corrected chi connectivity index (χ1v) is 8.62. The summed E-state index contributed by atoms with van der Waals surface area (Å²) in [6, 6.07) is 3.58. The third kappa shape index (κ3) is 3.47. The predicted molar refractivity (Wildman–Crippen MR) is 96.8 cm³/mol. The van der Waals surface area contributed by atoms with Gasteiger partial charge in [0, 0.05) is 24.2 Å². The normalized spacial score (nSPS) is 11.6. The van der Waals surface area contributed by atoms with E-state index in [4.69, 9.17) is 5.73 Å². The minimum atomic E-state index is -0.899. The van der Waals surface area contributed by atoms with Crippen molar-refractivity contribution in [1.29, 1.82) is 0 Å². The molecule has 1 aromatic carbocycles. The summed E-state index contributed by atoms with van der Waals surface area (Å²) < 4.78 is 2.23. The predicted octanol–water partition coefficient (Wildman–Crippen LogP) is 3.05. The second-order valence-electron chi connectivity index (χ2n) is 6.61. The van der Waals surface area contributed by atoms with E-state index in [1.807, 2.05) is 0 Å². The number of rotatable bonds is 8. The number of hydrogen-bond acceptors (Lipinski definition) is 3. The SMILES string of the molecule is Cc1c(CCCN)c2cc(C(=O)O)cc(C(C)C)c2n1CCCO. The molecule has 0 aliphatic heterocycles. The zero-order valence-electron chi connectivity index (χ0n) is 14.8. The van der Waals surface area contributed by atoms with Crippen LogP contribution in [-0.4, -0.2) is 33.9 Å². The van der Waals surface area contributed by atoms with Gasteiger partial charge in [0.1, 0.15) is 0 Å². The van der Waals surface area contributed by atoms with Crippen molar-refractivity contribution in [2.24, 2.45) is 5.73 Å². The van der Waals surface area contributed by atoms with Crippen molar-refractivity contribution < 1.29 is 15.0 Å². The van der Waals surface area contributed by atoms with Gasteiger partial charge in [0.05, 0.1) is 11.1 Å². The van der Waals surface area contributed by atoms with E-state index < -0.39 is 5.97 Å². The maximum Gasteiger partial charge on any atom is 0.335 e. The van der Waals surface area contributed by atoms with Gasteiger partial charge in [-0.25, -0.2) is 4.79 Å². The zero-order chi connectivity index (χ0) is 17.9. The van der Waals surface area contributed by atoms with Crippen LogP contribution in [0.3, 0.4) is 0 Å². The maximum absolute atomic E-state index is 11.5. The number of aryl methyl sites for hydroxylation is 2. The summed E-state index contributed by atoms with van der Waals surface area (Å²) in [5.41, 5.74) is 10.5. The topological polar surface area (TPSA) is 88.5 Å². The van der Waals surface area contributed by atoms with Gasteiger partial charge in [-0.05, 0) is 61.9 Å². The lowest BCUT2D eigenvalue weighted by Crippen LogP contribution is -2.06. The molecular weight excluding hydrogens is 304 g/mol. The molecule has 0 unspecified atom stereocenters. The van der Waals surface area contributed by atoms with Crippen molar-refractivity contribution in [3.8, 4) is 0 Å². The molecule has 0 atom stereocenters. The van der Waals surface area contributed by atoms with Gasteiger partial charge in [-0.1, -0.05) is 13.8 Å². The average molecular weight is 332 g/mol. The van der Waals surface area contributed by atoms with Crippen molar-refractivity contribution in [2.75, 3.05) is 13.2 Å². The highest BCUT2D eigenvalue weighted by Gasteiger charge is 2.20. The largest absolute Gasteiger partial charge is 0.478 e. The van der Waals surface area contributed by atoms with Gasteiger partial charge in [0.25, 0.3) is 0 Å². The number of hydrogen-bond donors (Lipinski definition) is 3. The van der Waals surface area contributed by atoms with Crippen molar-refractivity contribution in [3.05, 3.63) is 34.5 Å². The Morgan fingerprint density at radius 2 is 2.00 bits per heavy atom. The molecule has 132 valence electrons. The van der Waals surface area contributed by atoms with Gasteiger partial charge in [-0.3, -0.25) is 0 Å². The van der Waals surface area contributed by atoms with E-state index in [0.717, 1.165) is 41.5 Å². The third-order valence-corrected chi connectivity index (χ3v) is 4.62. The Bertz CT molecular complexity index is 732. The molecule has 5 nitrogen and oxygen atoms in total. The Kier molecular flexibility index (Phi) is 6.02. The Balaban J connectivity index is 2.79. The smallest absolute Gasteiger partial charge is 0.335 e. The van der Waals surface area contributed by atoms with Crippen LogP contribution in [0.15, 0.2) is 12.1 Å². The Hall–Kier alpha value is -1.85. The number of aliphatic hydroxyl groups excluding tert-OH is 1. The van der Waals surface area contributed by atoms with Crippen LogP contribution in [0.4, 0.5) is 0 Å². The number of carboxylic acid groups (broad SMARTS) is 1. The van der Waals surface area contributed by atoms with Crippen molar-refractivity contribution in [1.82, 2.24) is 4.57 Å². The highest BCUT2D eigenvalue weighted by atomic mass is 16.4. The first-order chi connectivity index (χ1) is 11.4. The van der Waals surface area contributed by atoms with Gasteiger partial charge in [-0.2, -0.15) is 0 Å². The number of aromatic carboxylic acids is 1. The fraction of sp³-hybridized carbons (Fsp3) is 0.526. The molecule has 5 heteroatoms. The number of aliphatic hydroxyl groups is 1. The molecule has 24 heavy (non-hydrogen) atoms. The van der Waals surface area contributed by atoms with Crippen LogP contribution in [0, 0.1) is 6.92 Å². The van der Waals surface area contributed by atoms with Crippen LogP contribution < -0.4 is 5.73 Å². The van der Waals surface area contributed by atoms with Crippen LogP contribution in [0.2, 0.25) is 0 Å². The molecule has 2 aromatic rings. The van der Waals surface area contributed by atoms with E-state index in [-0.39, 0.29) is 12.5 Å². The molecular formula is C19H28N2O3. The van der Waals surface area contributed by atoms with E-state index in [2.05, 4.69) is 25.3 Å². The van der Waals surface area contributed by atoms with Gasteiger partial charge in [-0.15, -0.1) is 0 Å². The van der Waals surface area contributed by atoms with Crippen molar-refractivity contribution >= 4 is 16.9 Å². The van der Waals surface area contributed by atoms with Crippen molar-refractivity contribution in [3.63, 3.8) is 0 Å². The summed E-state index contributed by atoms with van der Waals surface area (Å²) in [6.07, 6.45) is 2.39. The second-order valence-corrected chi connectivity index (χ2v) is 6.61. The highest BCUT2D eigenvalue weighted by molar-refractivity contribution is 5.97. The third-order valence-electron chi connectivity index (χ3n) is 4.62. The summed E-state index contributed by atoms with van der Waals surface area (Å²) in [5.74, 6) is -0.680. The van der Waals surface area contributed by atoms with Gasteiger partial charge >= 0.3 is 5.97 Å². The number of benzene rings is 1. The van der Waals surface area contributed by atoms with E-state index >= 15 is 0 Å². The van der Waals surface area contributed by atoms with E-state index in [9.17, 15) is 15.0 Å². The number of aromatic nitrogens is 1. The highest BCUT2D eigenvalue weighted by Crippen LogP contribution is 2.34. The Morgan fingerprint density at radius 3 is 2.54 bits per heavy atom. The molecule has 0 spiro atoms. The second kappa shape index (κ2) is 7.81. The lowest BCUT2D eigenvalue weighted by molar-refractivity contribution is 0.0697. The molecule has 4 N–H and O–H groups in total. The molecule has 0 radical (unpaired) electrons. The first-order valence-electron chi connectivity index (χ1n) is 8.62. The fourth-order valence-electron chi connectivity index (χ4n) is 3.38. The lowest BCUT2D eigenvalue weighted by Gasteiger charge is -2.14. The fourth-order valence-corrected chi connectivity index (χ4v) is 3.38. The molecule has 0 amide bonds. The molecule has 0 fully saturated rings. The van der Waals surface area contributed by atoms with Crippen molar-refractivity contribution in [2.45, 2.75) is 52.5 Å². The molecule has 0 aliphatic carbocycles.